The Bertz CT molecular complexity index is 900. The quantitative estimate of drug-likeness (QED) is 0.0212. The molecule has 12 heteroatoms. The van der Waals surface area contributed by atoms with Gasteiger partial charge >= 0.3 is 19.8 Å². The minimum Gasteiger partial charge on any atom is -0.480 e. The molecule has 0 rings (SSSR count). The number of esters is 1. The molecule has 49 heavy (non-hydrogen) atoms. The zero-order chi connectivity index (χ0) is 36.4. The highest BCUT2D eigenvalue weighted by Crippen LogP contribution is 2.43. The van der Waals surface area contributed by atoms with Gasteiger partial charge in [0.2, 0.25) is 5.91 Å². The van der Waals surface area contributed by atoms with Crippen LogP contribution in [0.1, 0.15) is 174 Å². The second-order valence-electron chi connectivity index (χ2n) is 13.1. The molecule has 3 atom stereocenters. The van der Waals surface area contributed by atoms with Gasteiger partial charge < -0.3 is 25.2 Å². The third-order valence-electron chi connectivity index (χ3n) is 8.30. The molecule has 0 aliphatic carbocycles. The largest absolute Gasteiger partial charge is 0.480 e. The molecular formula is C37H70NO10P. The van der Waals surface area contributed by atoms with E-state index in [1.165, 1.54) is 96.3 Å². The molecule has 0 aliphatic rings. The Hall–Kier alpha value is -1.78. The smallest absolute Gasteiger partial charge is 0.472 e. The fourth-order valence-corrected chi connectivity index (χ4v) is 6.02. The van der Waals surface area contributed by atoms with Crippen LogP contribution in [-0.2, 0) is 32.7 Å². The molecule has 11 nitrogen and oxygen atoms in total. The first-order chi connectivity index (χ1) is 23.6. The van der Waals surface area contributed by atoms with Gasteiger partial charge in [-0.05, 0) is 38.5 Å². The summed E-state index contributed by atoms with van der Waals surface area (Å²) < 4.78 is 26.5. The third-order valence-corrected chi connectivity index (χ3v) is 9.26. The van der Waals surface area contributed by atoms with Crippen LogP contribution in [0.5, 0.6) is 0 Å². The molecular weight excluding hydrogens is 649 g/mol. The van der Waals surface area contributed by atoms with E-state index < -0.39 is 57.6 Å². The van der Waals surface area contributed by atoms with Gasteiger partial charge in [0.1, 0.15) is 12.7 Å². The summed E-state index contributed by atoms with van der Waals surface area (Å²) in [5.74, 6) is -2.39. The van der Waals surface area contributed by atoms with Crippen molar-refractivity contribution in [2.45, 2.75) is 187 Å². The van der Waals surface area contributed by atoms with Crippen molar-refractivity contribution in [1.29, 1.82) is 0 Å². The average Bonchev–Trinajstić information content (AvgIpc) is 3.07. The highest BCUT2D eigenvalue weighted by Gasteiger charge is 2.28. The SMILES string of the molecule is CCCCCCCC/C=C/CCCCCCCCCCCCCC(=O)OCC(O)COP(=O)(O)OCC(NC(=O)CCCCCC)C(=O)O. The minimum absolute atomic E-state index is 0.139. The predicted octanol–water partition coefficient (Wildman–Crippen LogP) is 8.94. The van der Waals surface area contributed by atoms with Crippen molar-refractivity contribution in [3.8, 4) is 0 Å². The Morgan fingerprint density at radius 2 is 1.06 bits per heavy atom. The molecule has 0 radical (unpaired) electrons. The van der Waals surface area contributed by atoms with E-state index in [2.05, 4.69) is 24.4 Å². The zero-order valence-electron chi connectivity index (χ0n) is 30.8. The van der Waals surface area contributed by atoms with Gasteiger partial charge in [0.15, 0.2) is 6.04 Å². The molecule has 0 aromatic heterocycles. The Morgan fingerprint density at radius 1 is 0.633 bits per heavy atom. The van der Waals surface area contributed by atoms with Gasteiger partial charge in [-0.1, -0.05) is 135 Å². The van der Waals surface area contributed by atoms with Gasteiger partial charge in [-0.25, -0.2) is 9.36 Å². The number of nitrogens with one attached hydrogen (secondary N) is 1. The van der Waals surface area contributed by atoms with Gasteiger partial charge in [-0.3, -0.25) is 18.6 Å². The monoisotopic (exact) mass is 719 g/mol. The number of phosphoric ester groups is 1. The summed E-state index contributed by atoms with van der Waals surface area (Å²) in [5, 5.41) is 21.5. The maximum atomic E-state index is 12.1. The first-order valence-corrected chi connectivity index (χ1v) is 20.7. The standard InChI is InChI=1S/C37H70NO10P/c1-3-5-7-9-10-11-12-13-14-15-16-17-18-19-20-21-22-23-24-25-27-29-36(41)46-30-33(39)31-47-49(44,45)48-32-34(37(42)43)38-35(40)28-26-8-6-4-2/h13-14,33-34,39H,3-12,15-32H2,1-2H3,(H,38,40)(H,42,43)(H,44,45)/b14-13+. The number of aliphatic carboxylic acids is 1. The third kappa shape index (κ3) is 33.1. The van der Waals surface area contributed by atoms with Gasteiger partial charge in [0.05, 0.1) is 13.2 Å². The Morgan fingerprint density at radius 3 is 1.57 bits per heavy atom. The molecule has 0 saturated heterocycles. The van der Waals surface area contributed by atoms with Crippen LogP contribution in [0.3, 0.4) is 0 Å². The van der Waals surface area contributed by atoms with Gasteiger partial charge in [0, 0.05) is 12.8 Å². The molecule has 3 unspecified atom stereocenters. The lowest BCUT2D eigenvalue weighted by molar-refractivity contribution is -0.147. The number of aliphatic hydroxyl groups is 1. The number of ether oxygens (including phenoxy) is 1. The number of carbonyl (C=O) groups is 3. The fraction of sp³-hybridized carbons (Fsp3) is 0.865. The van der Waals surface area contributed by atoms with Crippen molar-refractivity contribution in [2.75, 3.05) is 19.8 Å². The van der Waals surface area contributed by atoms with Crippen LogP contribution in [-0.4, -0.2) is 64.9 Å². The highest BCUT2D eigenvalue weighted by molar-refractivity contribution is 7.47. The lowest BCUT2D eigenvalue weighted by Gasteiger charge is -2.18. The highest BCUT2D eigenvalue weighted by atomic mass is 31.2. The van der Waals surface area contributed by atoms with Gasteiger partial charge in [0.25, 0.3) is 0 Å². The van der Waals surface area contributed by atoms with E-state index >= 15 is 0 Å². The number of phosphoric acid groups is 1. The number of carboxylic acids is 1. The summed E-state index contributed by atoms with van der Waals surface area (Å²) in [6, 6.07) is -1.54. The van der Waals surface area contributed by atoms with Crippen LogP contribution in [0.2, 0.25) is 0 Å². The number of amides is 1. The molecule has 4 N–H and O–H groups in total. The topological polar surface area (TPSA) is 169 Å². The van der Waals surface area contributed by atoms with Crippen molar-refractivity contribution in [3.63, 3.8) is 0 Å². The first-order valence-electron chi connectivity index (χ1n) is 19.2. The van der Waals surface area contributed by atoms with Crippen LogP contribution in [0.15, 0.2) is 12.2 Å². The number of allylic oxidation sites excluding steroid dienone is 2. The maximum Gasteiger partial charge on any atom is 0.472 e. The number of hydrogen-bond acceptors (Lipinski definition) is 8. The van der Waals surface area contributed by atoms with Crippen LogP contribution in [0.25, 0.3) is 0 Å². The lowest BCUT2D eigenvalue weighted by Crippen LogP contribution is -2.43. The molecule has 0 heterocycles. The summed E-state index contributed by atoms with van der Waals surface area (Å²) in [5.41, 5.74) is 0. The van der Waals surface area contributed by atoms with Crippen LogP contribution in [0, 0.1) is 0 Å². The molecule has 0 spiro atoms. The van der Waals surface area contributed by atoms with E-state index in [0.29, 0.717) is 12.8 Å². The van der Waals surface area contributed by atoms with Crippen molar-refractivity contribution in [2.24, 2.45) is 0 Å². The molecule has 0 aliphatic heterocycles. The first kappa shape index (κ1) is 47.2. The molecule has 0 fully saturated rings. The zero-order valence-corrected chi connectivity index (χ0v) is 31.6. The van der Waals surface area contributed by atoms with Gasteiger partial charge in [-0.15, -0.1) is 0 Å². The lowest BCUT2D eigenvalue weighted by atomic mass is 10.0. The number of carboxylic acid groups (broad SMARTS) is 1. The number of unbranched alkanes of at least 4 members (excludes halogenated alkanes) is 20. The van der Waals surface area contributed by atoms with Crippen LogP contribution < -0.4 is 5.32 Å². The molecule has 1 amide bonds. The molecule has 0 saturated carbocycles. The van der Waals surface area contributed by atoms with E-state index in [0.717, 1.165) is 38.5 Å². The summed E-state index contributed by atoms with van der Waals surface area (Å²) in [4.78, 5) is 45.2. The predicted molar refractivity (Wildman–Crippen MR) is 194 cm³/mol. The Kier molecular flexibility index (Phi) is 32.2. The summed E-state index contributed by atoms with van der Waals surface area (Å²) in [6.07, 6.45) is 30.5. The second kappa shape index (κ2) is 33.4. The van der Waals surface area contributed by atoms with Gasteiger partial charge in [-0.2, -0.15) is 0 Å². The summed E-state index contributed by atoms with van der Waals surface area (Å²) in [6.45, 7) is 2.41. The summed E-state index contributed by atoms with van der Waals surface area (Å²) in [7, 11) is -4.73. The normalized spacial score (nSPS) is 14.0. The average molecular weight is 720 g/mol. The van der Waals surface area contributed by atoms with E-state index in [1.807, 2.05) is 6.92 Å². The van der Waals surface area contributed by atoms with E-state index in [9.17, 15) is 34.1 Å². The van der Waals surface area contributed by atoms with Crippen molar-refractivity contribution >= 4 is 25.7 Å². The molecule has 0 aromatic carbocycles. The van der Waals surface area contributed by atoms with E-state index in [-0.39, 0.29) is 12.8 Å². The molecule has 288 valence electrons. The fourth-order valence-electron chi connectivity index (χ4n) is 5.25. The maximum absolute atomic E-state index is 12.1. The van der Waals surface area contributed by atoms with Crippen molar-refractivity contribution < 1.29 is 47.8 Å². The Balaban J connectivity index is 3.75. The minimum atomic E-state index is -4.73. The van der Waals surface area contributed by atoms with Crippen molar-refractivity contribution in [3.05, 3.63) is 12.2 Å². The summed E-state index contributed by atoms with van der Waals surface area (Å²) >= 11 is 0. The van der Waals surface area contributed by atoms with E-state index in [1.54, 1.807) is 0 Å². The number of rotatable bonds is 36. The van der Waals surface area contributed by atoms with E-state index in [4.69, 9.17) is 13.8 Å². The number of hydrogen-bond donors (Lipinski definition) is 4. The van der Waals surface area contributed by atoms with Crippen molar-refractivity contribution in [1.82, 2.24) is 5.32 Å². The molecule has 0 aromatic rings. The molecule has 0 bridgehead atoms. The number of aliphatic hydroxyl groups excluding tert-OH is 1. The Labute approximate surface area is 296 Å². The second-order valence-corrected chi connectivity index (χ2v) is 14.6. The van der Waals surface area contributed by atoms with Crippen LogP contribution in [0.4, 0.5) is 0 Å². The number of carbonyl (C=O) groups excluding carboxylic acids is 2. The van der Waals surface area contributed by atoms with Crippen LogP contribution >= 0.6 is 7.82 Å².